The Morgan fingerprint density at radius 1 is 0.947 bits per heavy atom. The molecule has 0 N–H and O–H groups in total. The van der Waals surface area contributed by atoms with Crippen LogP contribution in [0.1, 0.15) is 5.56 Å². The lowest BCUT2D eigenvalue weighted by Crippen LogP contribution is -2.16. The van der Waals surface area contributed by atoms with Crippen LogP contribution in [0.25, 0.3) is 22.0 Å². The third kappa shape index (κ3) is 1.95. The monoisotopic (exact) mass is 249 g/mol. The molecular formula is C17H15NO. The van der Waals surface area contributed by atoms with Gasteiger partial charge in [-0.3, -0.25) is 4.79 Å². The average Bonchev–Trinajstić information content (AvgIpc) is 2.43. The largest absolute Gasteiger partial charge is 0.311 e. The Balaban J connectivity index is 2.45. The van der Waals surface area contributed by atoms with Crippen LogP contribution in [-0.4, -0.2) is 4.57 Å². The first kappa shape index (κ1) is 11.7. The number of fused-ring (bicyclic) bond motifs is 1. The first-order valence-corrected chi connectivity index (χ1v) is 6.32. The van der Waals surface area contributed by atoms with E-state index in [1.165, 1.54) is 5.56 Å². The number of hydrogen-bond donors (Lipinski definition) is 0. The minimum absolute atomic E-state index is 0.0233. The topological polar surface area (TPSA) is 22.0 Å². The Hall–Kier alpha value is -2.35. The molecule has 0 saturated carbocycles. The Labute approximate surface area is 111 Å². The summed E-state index contributed by atoms with van der Waals surface area (Å²) in [6.07, 6.45) is 0. The fraction of sp³-hybridized carbons (Fsp3) is 0.118. The van der Waals surface area contributed by atoms with E-state index in [0.29, 0.717) is 0 Å². The van der Waals surface area contributed by atoms with Crippen LogP contribution in [0, 0.1) is 6.92 Å². The normalized spacial score (nSPS) is 10.8. The van der Waals surface area contributed by atoms with Crippen molar-refractivity contribution in [1.29, 1.82) is 0 Å². The number of hydrogen-bond acceptors (Lipinski definition) is 1. The van der Waals surface area contributed by atoms with Crippen molar-refractivity contribution in [3.05, 3.63) is 70.5 Å². The second kappa shape index (κ2) is 4.39. The van der Waals surface area contributed by atoms with E-state index in [-0.39, 0.29) is 5.56 Å². The fourth-order valence-corrected chi connectivity index (χ4v) is 2.43. The van der Waals surface area contributed by atoms with Gasteiger partial charge in [-0.1, -0.05) is 42.0 Å². The van der Waals surface area contributed by atoms with Crippen molar-refractivity contribution in [1.82, 2.24) is 4.57 Å². The standard InChI is InChI=1S/C17H15NO/c1-12-8-9-16-15(10-12)14(11-17(19)18(16)2)13-6-4-3-5-7-13/h3-11H,1-2H3. The van der Waals surface area contributed by atoms with E-state index in [1.807, 2.05) is 49.5 Å². The highest BCUT2D eigenvalue weighted by Crippen LogP contribution is 2.27. The molecule has 19 heavy (non-hydrogen) atoms. The molecule has 0 atom stereocenters. The zero-order chi connectivity index (χ0) is 13.4. The molecule has 0 fully saturated rings. The molecule has 3 rings (SSSR count). The van der Waals surface area contributed by atoms with Gasteiger partial charge in [0.1, 0.15) is 0 Å². The van der Waals surface area contributed by atoms with Crippen LogP contribution in [0.3, 0.4) is 0 Å². The number of pyridine rings is 1. The smallest absolute Gasteiger partial charge is 0.251 e. The van der Waals surface area contributed by atoms with E-state index in [1.54, 1.807) is 10.6 Å². The van der Waals surface area contributed by atoms with Crippen molar-refractivity contribution in [3.63, 3.8) is 0 Å². The molecule has 3 aromatic rings. The molecule has 0 bridgehead atoms. The molecule has 0 aliphatic rings. The second-order valence-electron chi connectivity index (χ2n) is 4.84. The van der Waals surface area contributed by atoms with Crippen molar-refractivity contribution in [2.45, 2.75) is 6.92 Å². The highest BCUT2D eigenvalue weighted by Gasteiger charge is 2.08. The third-order valence-corrected chi connectivity index (χ3v) is 3.49. The van der Waals surface area contributed by atoms with Crippen LogP contribution >= 0.6 is 0 Å². The molecular weight excluding hydrogens is 234 g/mol. The van der Waals surface area contributed by atoms with Gasteiger partial charge in [0.05, 0.1) is 5.52 Å². The molecule has 0 unspecified atom stereocenters. The highest BCUT2D eigenvalue weighted by molar-refractivity contribution is 5.95. The lowest BCUT2D eigenvalue weighted by molar-refractivity contribution is 0.906. The minimum atomic E-state index is 0.0233. The minimum Gasteiger partial charge on any atom is -0.311 e. The summed E-state index contributed by atoms with van der Waals surface area (Å²) in [4.78, 5) is 12.1. The maximum Gasteiger partial charge on any atom is 0.251 e. The lowest BCUT2D eigenvalue weighted by atomic mass is 10.00. The Morgan fingerprint density at radius 2 is 1.68 bits per heavy atom. The van der Waals surface area contributed by atoms with Crippen LogP contribution in [-0.2, 0) is 7.05 Å². The van der Waals surface area contributed by atoms with E-state index in [0.717, 1.165) is 22.0 Å². The van der Waals surface area contributed by atoms with E-state index in [2.05, 4.69) is 13.0 Å². The first-order valence-electron chi connectivity index (χ1n) is 6.32. The molecule has 94 valence electrons. The molecule has 0 aliphatic carbocycles. The molecule has 0 amide bonds. The van der Waals surface area contributed by atoms with Gasteiger partial charge in [0.15, 0.2) is 0 Å². The predicted octanol–water partition coefficient (Wildman–Crippen LogP) is 3.51. The summed E-state index contributed by atoms with van der Waals surface area (Å²) in [7, 11) is 1.81. The maximum absolute atomic E-state index is 12.1. The zero-order valence-corrected chi connectivity index (χ0v) is 11.1. The Bertz CT molecular complexity index is 801. The van der Waals surface area contributed by atoms with Crippen molar-refractivity contribution in [2.75, 3.05) is 0 Å². The van der Waals surface area contributed by atoms with Gasteiger partial charge in [0.25, 0.3) is 5.56 Å². The molecule has 0 radical (unpaired) electrons. The molecule has 0 spiro atoms. The van der Waals surface area contributed by atoms with Crippen LogP contribution in [0.2, 0.25) is 0 Å². The van der Waals surface area contributed by atoms with Gasteiger partial charge in [-0.05, 0) is 30.2 Å². The predicted molar refractivity (Wildman–Crippen MR) is 79.4 cm³/mol. The number of aromatic nitrogens is 1. The van der Waals surface area contributed by atoms with E-state index >= 15 is 0 Å². The number of nitrogens with zero attached hydrogens (tertiary/aromatic N) is 1. The second-order valence-corrected chi connectivity index (χ2v) is 4.84. The maximum atomic E-state index is 12.1. The Morgan fingerprint density at radius 3 is 2.42 bits per heavy atom. The van der Waals surface area contributed by atoms with Crippen molar-refractivity contribution < 1.29 is 0 Å². The van der Waals surface area contributed by atoms with Gasteiger partial charge in [0.2, 0.25) is 0 Å². The lowest BCUT2D eigenvalue weighted by Gasteiger charge is -2.11. The summed E-state index contributed by atoms with van der Waals surface area (Å²) in [5, 5.41) is 1.12. The van der Waals surface area contributed by atoms with Gasteiger partial charge in [-0.15, -0.1) is 0 Å². The number of benzene rings is 2. The molecule has 0 aliphatic heterocycles. The zero-order valence-electron chi connectivity index (χ0n) is 11.1. The summed E-state index contributed by atoms with van der Waals surface area (Å²) in [5.41, 5.74) is 4.27. The molecule has 0 saturated heterocycles. The highest BCUT2D eigenvalue weighted by atomic mass is 16.1. The van der Waals surface area contributed by atoms with Crippen molar-refractivity contribution in [3.8, 4) is 11.1 Å². The molecule has 2 aromatic carbocycles. The van der Waals surface area contributed by atoms with Crippen LogP contribution in [0.4, 0.5) is 0 Å². The van der Waals surface area contributed by atoms with Gasteiger partial charge in [0, 0.05) is 18.5 Å². The van der Waals surface area contributed by atoms with Crippen molar-refractivity contribution in [2.24, 2.45) is 7.05 Å². The molecule has 2 nitrogen and oxygen atoms in total. The summed E-state index contributed by atoms with van der Waals surface area (Å²) in [5.74, 6) is 0. The molecule has 1 aromatic heterocycles. The molecule has 1 heterocycles. The average molecular weight is 249 g/mol. The summed E-state index contributed by atoms with van der Waals surface area (Å²) in [6, 6.07) is 18.0. The first-order chi connectivity index (χ1) is 9.16. The van der Waals surface area contributed by atoms with E-state index < -0.39 is 0 Å². The quantitative estimate of drug-likeness (QED) is 0.647. The van der Waals surface area contributed by atoms with Gasteiger partial charge in [-0.2, -0.15) is 0 Å². The van der Waals surface area contributed by atoms with E-state index in [4.69, 9.17) is 0 Å². The third-order valence-electron chi connectivity index (χ3n) is 3.49. The van der Waals surface area contributed by atoms with Gasteiger partial charge < -0.3 is 4.57 Å². The summed E-state index contributed by atoms with van der Waals surface area (Å²) >= 11 is 0. The van der Waals surface area contributed by atoms with Crippen LogP contribution in [0.5, 0.6) is 0 Å². The summed E-state index contributed by atoms with van der Waals surface area (Å²) in [6.45, 7) is 2.07. The van der Waals surface area contributed by atoms with E-state index in [9.17, 15) is 4.79 Å². The van der Waals surface area contributed by atoms with Crippen LogP contribution < -0.4 is 5.56 Å². The van der Waals surface area contributed by atoms with Gasteiger partial charge >= 0.3 is 0 Å². The Kier molecular flexibility index (Phi) is 2.71. The van der Waals surface area contributed by atoms with Crippen molar-refractivity contribution >= 4 is 10.9 Å². The van der Waals surface area contributed by atoms with Gasteiger partial charge in [-0.25, -0.2) is 0 Å². The SMILES string of the molecule is Cc1ccc2c(c1)c(-c1ccccc1)cc(=O)n2C. The fourth-order valence-electron chi connectivity index (χ4n) is 2.43. The molecule has 2 heteroatoms. The van der Waals surface area contributed by atoms with Crippen LogP contribution in [0.15, 0.2) is 59.4 Å². The summed E-state index contributed by atoms with van der Waals surface area (Å²) < 4.78 is 1.70. The number of rotatable bonds is 1. The number of aryl methyl sites for hydroxylation is 2.